The Hall–Kier alpha value is -4.53. The molecule has 1 aromatic heterocycles. The average Bonchev–Trinajstić information content (AvgIpc) is 3.30. The second-order valence-electron chi connectivity index (χ2n) is 6.86. The molecule has 0 bridgehead atoms. The summed E-state index contributed by atoms with van der Waals surface area (Å²) in [5.41, 5.74) is 2.94. The molecule has 0 aliphatic rings. The maximum Gasteiger partial charge on any atom is 0.255 e. The normalized spacial score (nSPS) is 10.4. The molecule has 0 radical (unpaired) electrons. The van der Waals surface area contributed by atoms with Crippen LogP contribution in [-0.4, -0.2) is 39.1 Å². The number of aromatic nitrogens is 4. The number of hydrogen-bond donors (Lipinski definition) is 2. The van der Waals surface area contributed by atoms with Gasteiger partial charge in [-0.1, -0.05) is 18.2 Å². The van der Waals surface area contributed by atoms with Crippen LogP contribution in [0.3, 0.4) is 0 Å². The molecule has 32 heavy (non-hydrogen) atoms. The molecule has 0 unspecified atom stereocenters. The lowest BCUT2D eigenvalue weighted by atomic mass is 10.1. The third kappa shape index (κ3) is 4.62. The fourth-order valence-corrected chi connectivity index (χ4v) is 3.06. The van der Waals surface area contributed by atoms with Crippen molar-refractivity contribution in [2.45, 2.75) is 6.92 Å². The molecule has 9 heteroatoms. The zero-order valence-electron chi connectivity index (χ0n) is 17.4. The minimum absolute atomic E-state index is 0.175. The van der Waals surface area contributed by atoms with Crippen LogP contribution in [0.4, 0.5) is 11.4 Å². The fraction of sp³-hybridized carbons (Fsp3) is 0.0870. The number of benzene rings is 3. The average molecular weight is 428 g/mol. The van der Waals surface area contributed by atoms with E-state index < -0.39 is 0 Å². The number of rotatable bonds is 6. The number of carbonyl (C=O) groups excluding carboxylic acids is 2. The Labute approximate surface area is 184 Å². The van der Waals surface area contributed by atoms with E-state index in [9.17, 15) is 9.59 Å². The van der Waals surface area contributed by atoms with Gasteiger partial charge in [-0.3, -0.25) is 9.59 Å². The molecule has 0 atom stereocenters. The summed E-state index contributed by atoms with van der Waals surface area (Å²) in [5.74, 6) is 0.570. The first-order chi connectivity index (χ1) is 15.5. The second-order valence-corrected chi connectivity index (χ2v) is 6.86. The van der Waals surface area contributed by atoms with Gasteiger partial charge in [-0.2, -0.15) is 0 Å². The van der Waals surface area contributed by atoms with Gasteiger partial charge in [-0.15, -0.1) is 15.0 Å². The summed E-state index contributed by atoms with van der Waals surface area (Å²) < 4.78 is 5.24. The van der Waals surface area contributed by atoms with Crippen LogP contribution in [0.2, 0.25) is 0 Å². The monoisotopic (exact) mass is 428 g/mol. The van der Waals surface area contributed by atoms with Crippen molar-refractivity contribution in [2.75, 3.05) is 17.7 Å². The van der Waals surface area contributed by atoms with Gasteiger partial charge in [0.15, 0.2) is 0 Å². The van der Waals surface area contributed by atoms with Crippen molar-refractivity contribution in [3.05, 3.63) is 78.4 Å². The number of para-hydroxylation sites is 1. The van der Waals surface area contributed by atoms with Crippen molar-refractivity contribution < 1.29 is 14.3 Å². The Morgan fingerprint density at radius 3 is 2.47 bits per heavy atom. The van der Waals surface area contributed by atoms with Gasteiger partial charge >= 0.3 is 0 Å². The lowest BCUT2D eigenvalue weighted by molar-refractivity contribution is -0.114. The molecular formula is C23H20N6O3. The van der Waals surface area contributed by atoms with Gasteiger partial charge in [0.2, 0.25) is 11.7 Å². The number of ether oxygens (including phenoxy) is 1. The third-order valence-corrected chi connectivity index (χ3v) is 4.58. The molecule has 0 fully saturated rings. The van der Waals surface area contributed by atoms with E-state index in [0.29, 0.717) is 39.8 Å². The first kappa shape index (κ1) is 20.7. The number of tetrazole rings is 1. The van der Waals surface area contributed by atoms with Gasteiger partial charge in [0.05, 0.1) is 18.5 Å². The number of hydrogen-bond acceptors (Lipinski definition) is 6. The molecule has 0 aliphatic carbocycles. The van der Waals surface area contributed by atoms with E-state index in [-0.39, 0.29) is 11.8 Å². The molecule has 0 spiro atoms. The SMILES string of the molecule is COc1cccc(-n2nnc(-c3ccccc3NC(=O)c3ccc(NC(C)=O)cc3)n2)c1. The number of carbonyl (C=O) groups is 2. The molecule has 4 rings (SSSR count). The molecule has 2 amide bonds. The van der Waals surface area contributed by atoms with Crippen LogP contribution < -0.4 is 15.4 Å². The van der Waals surface area contributed by atoms with E-state index >= 15 is 0 Å². The molecular weight excluding hydrogens is 408 g/mol. The largest absolute Gasteiger partial charge is 0.497 e. The lowest BCUT2D eigenvalue weighted by Crippen LogP contribution is -2.13. The van der Waals surface area contributed by atoms with Crippen molar-refractivity contribution >= 4 is 23.2 Å². The van der Waals surface area contributed by atoms with E-state index in [1.54, 1.807) is 43.5 Å². The van der Waals surface area contributed by atoms with E-state index in [1.807, 2.05) is 36.4 Å². The van der Waals surface area contributed by atoms with Crippen molar-refractivity contribution in [1.29, 1.82) is 0 Å². The summed E-state index contributed by atoms with van der Waals surface area (Å²) >= 11 is 0. The van der Waals surface area contributed by atoms with Crippen molar-refractivity contribution in [3.63, 3.8) is 0 Å². The quantitative estimate of drug-likeness (QED) is 0.486. The summed E-state index contributed by atoms with van der Waals surface area (Å²) in [4.78, 5) is 25.3. The van der Waals surface area contributed by atoms with E-state index in [1.165, 1.54) is 11.7 Å². The summed E-state index contributed by atoms with van der Waals surface area (Å²) in [6.45, 7) is 1.43. The number of nitrogens with one attached hydrogen (secondary N) is 2. The maximum atomic E-state index is 12.8. The second kappa shape index (κ2) is 9.09. The minimum Gasteiger partial charge on any atom is -0.497 e. The zero-order valence-corrected chi connectivity index (χ0v) is 17.4. The molecule has 0 saturated carbocycles. The molecule has 160 valence electrons. The van der Waals surface area contributed by atoms with Gasteiger partial charge in [-0.05, 0) is 53.7 Å². The van der Waals surface area contributed by atoms with Crippen LogP contribution in [-0.2, 0) is 4.79 Å². The molecule has 9 nitrogen and oxygen atoms in total. The summed E-state index contributed by atoms with van der Waals surface area (Å²) in [5, 5.41) is 18.3. The van der Waals surface area contributed by atoms with Crippen LogP contribution in [0.25, 0.3) is 17.1 Å². The Balaban J connectivity index is 1.56. The first-order valence-electron chi connectivity index (χ1n) is 9.76. The highest BCUT2D eigenvalue weighted by atomic mass is 16.5. The maximum absolute atomic E-state index is 12.8. The van der Waals surface area contributed by atoms with Crippen LogP contribution in [0, 0.1) is 0 Å². The Morgan fingerprint density at radius 2 is 1.72 bits per heavy atom. The van der Waals surface area contributed by atoms with Crippen LogP contribution in [0.15, 0.2) is 72.8 Å². The molecule has 2 N–H and O–H groups in total. The highest BCUT2D eigenvalue weighted by Gasteiger charge is 2.15. The number of nitrogens with zero attached hydrogens (tertiary/aromatic N) is 4. The number of methoxy groups -OCH3 is 1. The Kier molecular flexibility index (Phi) is 5.89. The highest BCUT2D eigenvalue weighted by Crippen LogP contribution is 2.26. The number of anilines is 2. The van der Waals surface area contributed by atoms with Crippen LogP contribution in [0.1, 0.15) is 17.3 Å². The summed E-state index contributed by atoms with van der Waals surface area (Å²) in [7, 11) is 1.59. The van der Waals surface area contributed by atoms with Gasteiger partial charge in [-0.25, -0.2) is 0 Å². The fourth-order valence-electron chi connectivity index (χ4n) is 3.06. The topological polar surface area (TPSA) is 111 Å². The summed E-state index contributed by atoms with van der Waals surface area (Å²) in [6.07, 6.45) is 0. The predicted octanol–water partition coefficient (Wildman–Crippen LogP) is 3.55. The van der Waals surface area contributed by atoms with Crippen molar-refractivity contribution in [3.8, 4) is 22.8 Å². The molecule has 0 aliphatic heterocycles. The summed E-state index contributed by atoms with van der Waals surface area (Å²) in [6, 6.07) is 21.1. The Morgan fingerprint density at radius 1 is 0.938 bits per heavy atom. The molecule has 4 aromatic rings. The van der Waals surface area contributed by atoms with E-state index in [0.717, 1.165) is 0 Å². The minimum atomic E-state index is -0.299. The first-order valence-corrected chi connectivity index (χ1v) is 9.76. The molecule has 3 aromatic carbocycles. The van der Waals surface area contributed by atoms with Crippen LogP contribution >= 0.6 is 0 Å². The van der Waals surface area contributed by atoms with Crippen molar-refractivity contribution in [2.24, 2.45) is 0 Å². The smallest absolute Gasteiger partial charge is 0.255 e. The predicted molar refractivity (Wildman–Crippen MR) is 120 cm³/mol. The highest BCUT2D eigenvalue weighted by molar-refractivity contribution is 6.06. The lowest BCUT2D eigenvalue weighted by Gasteiger charge is -2.09. The van der Waals surface area contributed by atoms with Crippen LogP contribution in [0.5, 0.6) is 5.75 Å². The number of amides is 2. The van der Waals surface area contributed by atoms with Gasteiger partial charge in [0, 0.05) is 29.8 Å². The third-order valence-electron chi connectivity index (χ3n) is 4.58. The zero-order chi connectivity index (χ0) is 22.5. The van der Waals surface area contributed by atoms with Crippen molar-refractivity contribution in [1.82, 2.24) is 20.2 Å². The van der Waals surface area contributed by atoms with E-state index in [4.69, 9.17) is 4.74 Å². The molecule has 0 saturated heterocycles. The van der Waals surface area contributed by atoms with Gasteiger partial charge in [0.25, 0.3) is 5.91 Å². The van der Waals surface area contributed by atoms with E-state index in [2.05, 4.69) is 26.0 Å². The van der Waals surface area contributed by atoms with Gasteiger partial charge in [0.1, 0.15) is 5.75 Å². The Bertz CT molecular complexity index is 1270. The van der Waals surface area contributed by atoms with Gasteiger partial charge < -0.3 is 15.4 Å². The molecule has 1 heterocycles. The standard InChI is InChI=1S/C23H20N6O3/c1-15(30)24-17-12-10-16(11-13-17)23(31)25-21-9-4-3-8-20(21)22-26-28-29(27-22)18-6-5-7-19(14-18)32-2/h3-14H,1-2H3,(H,24,30)(H,25,31).